The number of benzene rings is 2. The first-order chi connectivity index (χ1) is 11.6. The number of amides is 3. The minimum atomic E-state index is -1.06. The van der Waals surface area contributed by atoms with Gasteiger partial charge in [-0.05, 0) is 17.5 Å². The molecule has 0 bridgehead atoms. The van der Waals surface area contributed by atoms with E-state index in [2.05, 4.69) is 5.32 Å². The standard InChI is InChI=1S/C19H20N2O3/c1-2-19(15-11-7-4-8-12-15)17(23)21(18(24)20-19)13-16(22)14-9-5-3-6-10-14/h3-12,16,22H,2,13H2,1H3,(H,20,24)/t16-,19+/m1/s1. The van der Waals surface area contributed by atoms with Crippen molar-refractivity contribution in [1.82, 2.24) is 10.2 Å². The van der Waals surface area contributed by atoms with Crippen molar-refractivity contribution >= 4 is 11.9 Å². The van der Waals surface area contributed by atoms with Crippen molar-refractivity contribution in [2.45, 2.75) is 25.0 Å². The van der Waals surface area contributed by atoms with Crippen molar-refractivity contribution < 1.29 is 14.7 Å². The van der Waals surface area contributed by atoms with E-state index in [0.717, 1.165) is 10.5 Å². The van der Waals surface area contributed by atoms with E-state index in [-0.39, 0.29) is 12.5 Å². The highest BCUT2D eigenvalue weighted by atomic mass is 16.3. The van der Waals surface area contributed by atoms with Gasteiger partial charge in [-0.25, -0.2) is 4.79 Å². The molecule has 1 heterocycles. The fourth-order valence-electron chi connectivity index (χ4n) is 3.11. The lowest BCUT2D eigenvalue weighted by molar-refractivity contribution is -0.132. The van der Waals surface area contributed by atoms with Gasteiger partial charge in [0.2, 0.25) is 0 Å². The summed E-state index contributed by atoms with van der Waals surface area (Å²) in [6.07, 6.45) is -0.469. The minimum Gasteiger partial charge on any atom is -0.387 e. The topological polar surface area (TPSA) is 69.6 Å². The van der Waals surface area contributed by atoms with Gasteiger partial charge in [-0.15, -0.1) is 0 Å². The van der Waals surface area contributed by atoms with Crippen LogP contribution in [0.15, 0.2) is 60.7 Å². The Hall–Kier alpha value is -2.66. The highest BCUT2D eigenvalue weighted by Gasteiger charge is 2.51. The van der Waals surface area contributed by atoms with Gasteiger partial charge < -0.3 is 10.4 Å². The number of carbonyl (C=O) groups is 2. The van der Waals surface area contributed by atoms with E-state index >= 15 is 0 Å². The van der Waals surface area contributed by atoms with E-state index in [9.17, 15) is 14.7 Å². The minimum absolute atomic E-state index is 0.0662. The lowest BCUT2D eigenvalue weighted by Crippen LogP contribution is -2.43. The molecule has 2 atom stereocenters. The quantitative estimate of drug-likeness (QED) is 0.831. The number of aliphatic hydroxyl groups excluding tert-OH is 1. The second-order valence-corrected chi connectivity index (χ2v) is 5.90. The summed E-state index contributed by atoms with van der Waals surface area (Å²) < 4.78 is 0. The van der Waals surface area contributed by atoms with E-state index in [1.54, 1.807) is 12.1 Å². The second-order valence-electron chi connectivity index (χ2n) is 5.90. The van der Waals surface area contributed by atoms with Crippen LogP contribution < -0.4 is 5.32 Å². The van der Waals surface area contributed by atoms with E-state index in [1.165, 1.54) is 0 Å². The number of carbonyl (C=O) groups excluding carboxylic acids is 2. The summed E-state index contributed by atoms with van der Waals surface area (Å²) in [5.41, 5.74) is 0.365. The Kier molecular flexibility index (Phi) is 4.36. The number of β-amino-alcohol motifs (C(OH)–C–C–N with tert-alkyl or cyclic N) is 1. The molecule has 1 saturated heterocycles. The monoisotopic (exact) mass is 324 g/mol. The van der Waals surface area contributed by atoms with Crippen molar-refractivity contribution in [3.63, 3.8) is 0 Å². The van der Waals surface area contributed by atoms with Crippen LogP contribution in [0, 0.1) is 0 Å². The van der Waals surface area contributed by atoms with Gasteiger partial charge in [-0.2, -0.15) is 0 Å². The smallest absolute Gasteiger partial charge is 0.325 e. The zero-order valence-electron chi connectivity index (χ0n) is 13.5. The zero-order valence-corrected chi connectivity index (χ0v) is 13.5. The van der Waals surface area contributed by atoms with Crippen LogP contribution in [0.5, 0.6) is 0 Å². The molecule has 0 unspecified atom stereocenters. The Balaban J connectivity index is 1.86. The zero-order chi connectivity index (χ0) is 17.2. The van der Waals surface area contributed by atoms with Crippen molar-refractivity contribution in [1.29, 1.82) is 0 Å². The van der Waals surface area contributed by atoms with Crippen molar-refractivity contribution in [2.75, 3.05) is 6.54 Å². The van der Waals surface area contributed by atoms with E-state index in [4.69, 9.17) is 0 Å². The largest absolute Gasteiger partial charge is 0.387 e. The first-order valence-corrected chi connectivity index (χ1v) is 8.01. The Morgan fingerprint density at radius 3 is 2.21 bits per heavy atom. The number of nitrogens with zero attached hydrogens (tertiary/aromatic N) is 1. The first kappa shape index (κ1) is 16.2. The van der Waals surface area contributed by atoms with Crippen molar-refractivity contribution in [2.24, 2.45) is 0 Å². The van der Waals surface area contributed by atoms with Gasteiger partial charge in [0.15, 0.2) is 0 Å². The molecule has 5 nitrogen and oxygen atoms in total. The molecule has 124 valence electrons. The number of hydrogen-bond donors (Lipinski definition) is 2. The SMILES string of the molecule is CC[C@@]1(c2ccccc2)NC(=O)N(C[C@@H](O)c2ccccc2)C1=O. The van der Waals surface area contributed by atoms with Gasteiger partial charge in [-0.3, -0.25) is 9.69 Å². The van der Waals surface area contributed by atoms with Crippen LogP contribution in [0.4, 0.5) is 4.79 Å². The predicted octanol–water partition coefficient (Wildman–Crippen LogP) is 2.58. The molecular weight excluding hydrogens is 304 g/mol. The van der Waals surface area contributed by atoms with Crippen molar-refractivity contribution in [3.05, 3.63) is 71.8 Å². The van der Waals surface area contributed by atoms with Gasteiger partial charge in [-0.1, -0.05) is 67.6 Å². The lowest BCUT2D eigenvalue weighted by atomic mass is 9.87. The van der Waals surface area contributed by atoms with Crippen LogP contribution in [0.3, 0.4) is 0 Å². The number of aliphatic hydroxyl groups is 1. The summed E-state index contributed by atoms with van der Waals surface area (Å²) in [5, 5.41) is 13.2. The second kappa shape index (κ2) is 6.45. The van der Waals surface area contributed by atoms with Crippen molar-refractivity contribution in [3.8, 4) is 0 Å². The summed E-state index contributed by atoms with van der Waals surface area (Å²) in [7, 11) is 0. The molecule has 2 N–H and O–H groups in total. The molecule has 2 aromatic rings. The Labute approximate surface area is 140 Å². The third-order valence-electron chi connectivity index (χ3n) is 4.51. The molecular formula is C19H20N2O3. The van der Waals surface area contributed by atoms with Gasteiger partial charge >= 0.3 is 6.03 Å². The van der Waals surface area contributed by atoms with Crippen LogP contribution >= 0.6 is 0 Å². The fraction of sp³-hybridized carbons (Fsp3) is 0.263. The highest BCUT2D eigenvalue weighted by molar-refractivity contribution is 6.07. The molecule has 1 fully saturated rings. The number of rotatable bonds is 5. The average Bonchev–Trinajstić information content (AvgIpc) is 2.88. The maximum absolute atomic E-state index is 13.0. The molecule has 0 radical (unpaired) electrons. The van der Waals surface area contributed by atoms with E-state index in [1.807, 2.05) is 55.5 Å². The van der Waals surface area contributed by atoms with Crippen LogP contribution in [0.2, 0.25) is 0 Å². The Morgan fingerprint density at radius 1 is 1.04 bits per heavy atom. The third-order valence-corrected chi connectivity index (χ3v) is 4.51. The first-order valence-electron chi connectivity index (χ1n) is 8.01. The summed E-state index contributed by atoms with van der Waals surface area (Å²) in [5.74, 6) is -0.323. The van der Waals surface area contributed by atoms with Gasteiger partial charge in [0.05, 0.1) is 12.6 Å². The van der Waals surface area contributed by atoms with Crippen LogP contribution in [0.25, 0.3) is 0 Å². The normalized spacial score (nSPS) is 21.7. The van der Waals surface area contributed by atoms with Crippen LogP contribution in [-0.4, -0.2) is 28.5 Å². The fourth-order valence-corrected chi connectivity index (χ4v) is 3.11. The molecule has 2 aromatic carbocycles. The molecule has 3 rings (SSSR count). The number of urea groups is 1. The van der Waals surface area contributed by atoms with Gasteiger partial charge in [0, 0.05) is 0 Å². The number of hydrogen-bond acceptors (Lipinski definition) is 3. The summed E-state index contributed by atoms with van der Waals surface area (Å²) in [6.45, 7) is 1.80. The summed E-state index contributed by atoms with van der Waals surface area (Å²) in [4.78, 5) is 26.5. The third kappa shape index (κ3) is 2.67. The molecule has 1 aliphatic heterocycles. The predicted molar refractivity (Wildman–Crippen MR) is 90.1 cm³/mol. The molecule has 1 aliphatic rings. The molecule has 24 heavy (non-hydrogen) atoms. The molecule has 0 spiro atoms. The Morgan fingerprint density at radius 2 is 1.62 bits per heavy atom. The highest BCUT2D eigenvalue weighted by Crippen LogP contribution is 2.33. The molecule has 0 aliphatic carbocycles. The molecule has 5 heteroatoms. The van der Waals surface area contributed by atoms with E-state index in [0.29, 0.717) is 12.0 Å². The molecule has 0 aromatic heterocycles. The molecule has 3 amide bonds. The van der Waals surface area contributed by atoms with E-state index < -0.39 is 17.7 Å². The lowest BCUT2D eigenvalue weighted by Gasteiger charge is -2.26. The number of nitrogens with one attached hydrogen (secondary N) is 1. The maximum Gasteiger partial charge on any atom is 0.325 e. The van der Waals surface area contributed by atoms with Gasteiger partial charge in [0.1, 0.15) is 5.54 Å². The maximum atomic E-state index is 13.0. The molecule has 0 saturated carbocycles. The van der Waals surface area contributed by atoms with Crippen LogP contribution in [-0.2, 0) is 10.3 Å². The number of imide groups is 1. The average molecular weight is 324 g/mol. The Bertz CT molecular complexity index is 733. The van der Waals surface area contributed by atoms with Crippen LogP contribution in [0.1, 0.15) is 30.6 Å². The summed E-state index contributed by atoms with van der Waals surface area (Å²) >= 11 is 0. The summed E-state index contributed by atoms with van der Waals surface area (Å²) in [6, 6.07) is 17.8. The van der Waals surface area contributed by atoms with Gasteiger partial charge in [0.25, 0.3) is 5.91 Å².